The molecule has 0 saturated carbocycles. The van der Waals surface area contributed by atoms with Gasteiger partial charge in [0.1, 0.15) is 22.8 Å². The molecule has 1 aromatic carbocycles. The molecule has 1 aliphatic rings. The number of anilines is 1. The molecule has 0 saturated heterocycles. The Balaban J connectivity index is 1.48. The van der Waals surface area contributed by atoms with Gasteiger partial charge in [0.05, 0.1) is 12.3 Å². The fourth-order valence-corrected chi connectivity index (χ4v) is 4.57. The van der Waals surface area contributed by atoms with Crippen LogP contribution in [0.4, 0.5) is 14.6 Å². The van der Waals surface area contributed by atoms with Crippen LogP contribution < -0.4 is 20.1 Å². The second-order valence-corrected chi connectivity index (χ2v) is 11.9. The molecule has 1 atom stereocenters. The van der Waals surface area contributed by atoms with Crippen LogP contribution in [0.1, 0.15) is 35.0 Å². The molecule has 0 bridgehead atoms. The average Bonchev–Trinajstić information content (AvgIpc) is 3.20. The van der Waals surface area contributed by atoms with Crippen molar-refractivity contribution < 1.29 is 36.3 Å². The number of amides is 2. The standard InChI is InChI=1S/C26H29F2N5O6S/c1-16-7-8-21(29-13-16)33-24(31-22(34)14-40(3,36)37)23-20(32-33)11-17(30-25(23)35)9-10-38-18-5-4-6-19(12-18)39-15-26(2,27)28/h4-8,12-13,17H,9-11,14-15H2,1-3H3,(H,30,35)(H,31,34)/t17-/m0/s1. The number of alkyl halides is 2. The second kappa shape index (κ2) is 11.6. The van der Waals surface area contributed by atoms with Crippen molar-refractivity contribution in [2.24, 2.45) is 0 Å². The maximum absolute atomic E-state index is 13.1. The highest BCUT2D eigenvalue weighted by Gasteiger charge is 2.33. The Hall–Kier alpha value is -4.07. The van der Waals surface area contributed by atoms with Crippen molar-refractivity contribution in [3.8, 4) is 17.3 Å². The van der Waals surface area contributed by atoms with Crippen LogP contribution in [0.15, 0.2) is 42.6 Å². The molecule has 214 valence electrons. The van der Waals surface area contributed by atoms with Crippen LogP contribution in [-0.2, 0) is 21.1 Å². The lowest BCUT2D eigenvalue weighted by atomic mass is 9.99. The lowest BCUT2D eigenvalue weighted by Crippen LogP contribution is -2.42. The predicted molar refractivity (Wildman–Crippen MR) is 142 cm³/mol. The molecule has 2 N–H and O–H groups in total. The number of aromatic nitrogens is 3. The van der Waals surface area contributed by atoms with Crippen molar-refractivity contribution >= 4 is 27.5 Å². The molecular formula is C26H29F2N5O6S. The number of benzene rings is 1. The first-order valence-electron chi connectivity index (χ1n) is 12.3. The van der Waals surface area contributed by atoms with Gasteiger partial charge in [-0.2, -0.15) is 9.78 Å². The number of rotatable bonds is 11. The maximum atomic E-state index is 13.1. The van der Waals surface area contributed by atoms with Crippen molar-refractivity contribution in [2.45, 2.75) is 38.7 Å². The minimum Gasteiger partial charge on any atom is -0.493 e. The first-order valence-corrected chi connectivity index (χ1v) is 14.4. The van der Waals surface area contributed by atoms with Crippen LogP contribution in [0, 0.1) is 6.92 Å². The summed E-state index contributed by atoms with van der Waals surface area (Å²) in [6.07, 6.45) is 3.25. The number of aryl methyl sites for hydroxylation is 1. The van der Waals surface area contributed by atoms with E-state index in [4.69, 9.17) is 9.47 Å². The zero-order chi connectivity index (χ0) is 29.1. The number of nitrogens with one attached hydrogen (secondary N) is 2. The van der Waals surface area contributed by atoms with E-state index < -0.39 is 39.9 Å². The van der Waals surface area contributed by atoms with Gasteiger partial charge in [-0.3, -0.25) is 9.59 Å². The highest BCUT2D eigenvalue weighted by Crippen LogP contribution is 2.28. The number of fused-ring (bicyclic) bond motifs is 1. The van der Waals surface area contributed by atoms with Gasteiger partial charge in [-0.15, -0.1) is 0 Å². The van der Waals surface area contributed by atoms with Gasteiger partial charge in [0, 0.05) is 44.3 Å². The summed E-state index contributed by atoms with van der Waals surface area (Å²) in [7, 11) is -3.61. The number of carbonyl (C=O) groups is 2. The average molecular weight is 578 g/mol. The third kappa shape index (κ3) is 7.74. The number of nitrogens with zero attached hydrogens (tertiary/aromatic N) is 3. The van der Waals surface area contributed by atoms with Crippen LogP contribution in [0.25, 0.3) is 5.82 Å². The predicted octanol–water partition coefficient (Wildman–Crippen LogP) is 2.72. The largest absolute Gasteiger partial charge is 0.493 e. The Morgan fingerprint density at radius 3 is 2.60 bits per heavy atom. The summed E-state index contributed by atoms with van der Waals surface area (Å²) in [5.41, 5.74) is 1.42. The zero-order valence-electron chi connectivity index (χ0n) is 22.1. The molecule has 14 heteroatoms. The lowest BCUT2D eigenvalue weighted by molar-refractivity contribution is -0.113. The zero-order valence-corrected chi connectivity index (χ0v) is 22.9. The van der Waals surface area contributed by atoms with Crippen molar-refractivity contribution in [1.29, 1.82) is 0 Å². The summed E-state index contributed by atoms with van der Waals surface area (Å²) in [6, 6.07) is 9.45. The second-order valence-electron chi connectivity index (χ2n) is 9.74. The number of pyridine rings is 1. The molecule has 4 rings (SSSR count). The molecular weight excluding hydrogens is 548 g/mol. The SMILES string of the molecule is Cc1ccc(-n2nc3c(c2NC(=O)CS(C)(=O)=O)C(=O)N[C@@H](CCOc2cccc(OCC(C)(F)F)c2)C3)nc1. The van der Waals surface area contributed by atoms with Crippen LogP contribution >= 0.6 is 0 Å². The van der Waals surface area contributed by atoms with Crippen LogP contribution in [-0.4, -0.2) is 72.2 Å². The summed E-state index contributed by atoms with van der Waals surface area (Å²) in [6.45, 7) is 2.07. The normalized spacial score (nSPS) is 15.2. The highest BCUT2D eigenvalue weighted by molar-refractivity contribution is 7.91. The summed E-state index contributed by atoms with van der Waals surface area (Å²) >= 11 is 0. The number of hydrogen-bond acceptors (Lipinski definition) is 8. The Kier molecular flexibility index (Phi) is 8.37. The van der Waals surface area contributed by atoms with Gasteiger partial charge in [-0.1, -0.05) is 12.1 Å². The maximum Gasteiger partial charge on any atom is 0.278 e. The van der Waals surface area contributed by atoms with Gasteiger partial charge in [-0.25, -0.2) is 22.2 Å². The number of ether oxygens (including phenoxy) is 2. The summed E-state index contributed by atoms with van der Waals surface area (Å²) < 4.78 is 61.6. The fourth-order valence-electron chi connectivity index (χ4n) is 4.02. The molecule has 0 radical (unpaired) electrons. The van der Waals surface area contributed by atoms with Crippen LogP contribution in [0.5, 0.6) is 11.5 Å². The van der Waals surface area contributed by atoms with Gasteiger partial charge in [0.2, 0.25) is 5.91 Å². The van der Waals surface area contributed by atoms with Gasteiger partial charge in [0.25, 0.3) is 11.8 Å². The van der Waals surface area contributed by atoms with E-state index in [9.17, 15) is 26.8 Å². The summed E-state index contributed by atoms with van der Waals surface area (Å²) in [5, 5.41) is 9.92. The van der Waals surface area contributed by atoms with E-state index in [1.165, 1.54) is 10.7 Å². The summed E-state index contributed by atoms with van der Waals surface area (Å²) in [5.74, 6) is -3.99. The molecule has 2 aromatic heterocycles. The quantitative estimate of drug-likeness (QED) is 0.354. The van der Waals surface area contributed by atoms with Crippen molar-refractivity contribution in [1.82, 2.24) is 20.1 Å². The first-order chi connectivity index (χ1) is 18.8. The monoisotopic (exact) mass is 577 g/mol. The molecule has 0 aliphatic carbocycles. The van der Waals surface area contributed by atoms with Crippen LogP contribution in [0.2, 0.25) is 0 Å². The molecule has 0 spiro atoms. The van der Waals surface area contributed by atoms with Crippen molar-refractivity contribution in [2.75, 3.05) is 30.5 Å². The molecule has 2 amide bonds. The number of sulfone groups is 1. The first kappa shape index (κ1) is 28.9. The van der Waals surface area contributed by atoms with E-state index in [-0.39, 0.29) is 29.8 Å². The minimum absolute atomic E-state index is 0.0293. The topological polar surface area (TPSA) is 142 Å². The number of halogens is 2. The van der Waals surface area contributed by atoms with E-state index in [0.717, 1.165) is 18.7 Å². The molecule has 0 fully saturated rings. The molecule has 40 heavy (non-hydrogen) atoms. The van der Waals surface area contributed by atoms with E-state index >= 15 is 0 Å². The van der Waals surface area contributed by atoms with Crippen LogP contribution in [0.3, 0.4) is 0 Å². The fraction of sp³-hybridized carbons (Fsp3) is 0.385. The smallest absolute Gasteiger partial charge is 0.278 e. The molecule has 1 aliphatic heterocycles. The Morgan fingerprint density at radius 2 is 1.95 bits per heavy atom. The van der Waals surface area contributed by atoms with Crippen molar-refractivity contribution in [3.63, 3.8) is 0 Å². The van der Waals surface area contributed by atoms with Gasteiger partial charge in [0.15, 0.2) is 28.1 Å². The lowest BCUT2D eigenvalue weighted by Gasteiger charge is -2.23. The van der Waals surface area contributed by atoms with Gasteiger partial charge in [-0.05, 0) is 30.7 Å². The third-order valence-corrected chi connectivity index (χ3v) is 6.54. The van der Waals surface area contributed by atoms with Gasteiger partial charge < -0.3 is 20.1 Å². The number of carbonyl (C=O) groups excluding carboxylic acids is 2. The van der Waals surface area contributed by atoms with E-state index in [1.807, 2.05) is 6.92 Å². The Bertz CT molecular complexity index is 1500. The minimum atomic E-state index is -3.61. The Morgan fingerprint density at radius 1 is 1.23 bits per heavy atom. The van der Waals surface area contributed by atoms with Gasteiger partial charge >= 0.3 is 0 Å². The van der Waals surface area contributed by atoms with E-state index in [0.29, 0.717) is 30.1 Å². The molecule has 3 heterocycles. The van der Waals surface area contributed by atoms with E-state index in [2.05, 4.69) is 20.7 Å². The van der Waals surface area contributed by atoms with E-state index in [1.54, 1.807) is 36.5 Å². The molecule has 3 aromatic rings. The highest BCUT2D eigenvalue weighted by atomic mass is 32.2. The third-order valence-electron chi connectivity index (χ3n) is 5.76. The molecule has 0 unspecified atom stereocenters. The Labute approximate surface area is 229 Å². The summed E-state index contributed by atoms with van der Waals surface area (Å²) in [4.78, 5) is 29.9. The van der Waals surface area contributed by atoms with Crippen molar-refractivity contribution in [3.05, 3.63) is 59.4 Å². The molecule has 11 nitrogen and oxygen atoms in total. The number of hydrogen-bond donors (Lipinski definition) is 2.